The van der Waals surface area contributed by atoms with Gasteiger partial charge in [0, 0.05) is 6.42 Å². The van der Waals surface area contributed by atoms with E-state index in [0.29, 0.717) is 13.0 Å². The van der Waals surface area contributed by atoms with Crippen molar-refractivity contribution in [3.8, 4) is 0 Å². The summed E-state index contributed by atoms with van der Waals surface area (Å²) in [5.74, 6) is 0.0571. The Morgan fingerprint density at radius 1 is 1.56 bits per heavy atom. The lowest BCUT2D eigenvalue weighted by molar-refractivity contribution is -0.123. The van der Waals surface area contributed by atoms with Gasteiger partial charge in [-0.2, -0.15) is 0 Å². The van der Waals surface area contributed by atoms with Crippen LogP contribution in [0.3, 0.4) is 0 Å². The molecule has 0 spiro atoms. The smallest absolute Gasteiger partial charge is 0.152 e. The van der Waals surface area contributed by atoms with E-state index >= 15 is 0 Å². The van der Waals surface area contributed by atoms with Crippen LogP contribution in [0.2, 0.25) is 0 Å². The number of benzene rings is 1. The Morgan fingerprint density at radius 2 is 2.31 bits per heavy atom. The van der Waals surface area contributed by atoms with Crippen LogP contribution in [0.25, 0.3) is 0 Å². The van der Waals surface area contributed by atoms with Gasteiger partial charge in [-0.05, 0) is 24.5 Å². The van der Waals surface area contributed by atoms with Crippen molar-refractivity contribution in [2.75, 3.05) is 6.61 Å². The van der Waals surface area contributed by atoms with E-state index in [0.717, 1.165) is 12.0 Å². The maximum atomic E-state index is 11.6. The molecule has 1 aromatic rings. The Balaban J connectivity index is 2.16. The molecule has 0 radical (unpaired) electrons. The predicted molar refractivity (Wildman–Crippen MR) is 62.1 cm³/mol. The molecule has 2 rings (SSSR count). The Morgan fingerprint density at radius 3 is 3.06 bits per heavy atom. The zero-order valence-corrected chi connectivity index (χ0v) is 9.48. The zero-order valence-electron chi connectivity index (χ0n) is 9.48. The van der Waals surface area contributed by atoms with Gasteiger partial charge in [-0.25, -0.2) is 0 Å². The highest BCUT2D eigenvalue weighted by atomic mass is 16.5. The fraction of sp³-hybridized carbons (Fsp3) is 0.462. The van der Waals surface area contributed by atoms with E-state index in [1.54, 1.807) is 6.92 Å². The molecule has 2 unspecified atom stereocenters. The van der Waals surface area contributed by atoms with Crippen LogP contribution in [0.1, 0.15) is 30.6 Å². The molecule has 2 atom stereocenters. The van der Waals surface area contributed by atoms with Crippen molar-refractivity contribution in [2.24, 2.45) is 5.73 Å². The molecule has 1 aliphatic heterocycles. The number of hydrogen-bond donors (Lipinski definition) is 1. The molecule has 0 amide bonds. The topological polar surface area (TPSA) is 52.3 Å². The molecule has 0 saturated carbocycles. The second-order valence-electron chi connectivity index (χ2n) is 4.27. The van der Waals surface area contributed by atoms with E-state index in [1.807, 2.05) is 18.2 Å². The highest BCUT2D eigenvalue weighted by Crippen LogP contribution is 2.29. The first-order chi connectivity index (χ1) is 7.68. The first kappa shape index (κ1) is 11.3. The quantitative estimate of drug-likeness (QED) is 0.840. The molecule has 3 heteroatoms. The summed E-state index contributed by atoms with van der Waals surface area (Å²) in [4.78, 5) is 11.6. The molecule has 0 aliphatic carbocycles. The first-order valence-corrected chi connectivity index (χ1v) is 5.66. The van der Waals surface area contributed by atoms with Gasteiger partial charge in [0.2, 0.25) is 0 Å². The standard InChI is InChI=1S/C13H17NO2/c1-9(14)12(15)8-13-11-5-3-2-4-10(11)6-7-16-13/h2-5,9,13H,6-8,14H2,1H3. The van der Waals surface area contributed by atoms with E-state index in [9.17, 15) is 4.79 Å². The summed E-state index contributed by atoms with van der Waals surface area (Å²) in [6.45, 7) is 2.41. The number of Topliss-reactive ketones (excluding diaryl/α,β-unsaturated/α-hetero) is 1. The van der Waals surface area contributed by atoms with Crippen molar-refractivity contribution in [3.05, 3.63) is 35.4 Å². The Bertz CT molecular complexity index is 387. The average Bonchev–Trinajstić information content (AvgIpc) is 2.29. The SMILES string of the molecule is CC(N)C(=O)CC1OCCc2ccccc21. The lowest BCUT2D eigenvalue weighted by Crippen LogP contribution is -2.29. The second-order valence-corrected chi connectivity index (χ2v) is 4.27. The lowest BCUT2D eigenvalue weighted by Gasteiger charge is -2.26. The highest BCUT2D eigenvalue weighted by molar-refractivity contribution is 5.84. The van der Waals surface area contributed by atoms with Crippen LogP contribution in [-0.4, -0.2) is 18.4 Å². The third-order valence-electron chi connectivity index (χ3n) is 2.99. The normalized spacial score (nSPS) is 21.2. The third kappa shape index (κ3) is 2.31. The summed E-state index contributed by atoms with van der Waals surface area (Å²) in [5.41, 5.74) is 8.00. The van der Waals surface area contributed by atoms with E-state index in [-0.39, 0.29) is 11.9 Å². The van der Waals surface area contributed by atoms with Gasteiger partial charge in [0.15, 0.2) is 5.78 Å². The summed E-state index contributed by atoms with van der Waals surface area (Å²) < 4.78 is 5.65. The molecular formula is C13H17NO2. The minimum Gasteiger partial charge on any atom is -0.373 e. The highest BCUT2D eigenvalue weighted by Gasteiger charge is 2.23. The van der Waals surface area contributed by atoms with Crippen LogP contribution >= 0.6 is 0 Å². The Hall–Kier alpha value is -1.19. The van der Waals surface area contributed by atoms with Gasteiger partial charge in [0.05, 0.1) is 18.8 Å². The number of ketones is 1. The molecule has 3 nitrogen and oxygen atoms in total. The largest absolute Gasteiger partial charge is 0.373 e. The third-order valence-corrected chi connectivity index (χ3v) is 2.99. The van der Waals surface area contributed by atoms with Crippen LogP contribution in [0.5, 0.6) is 0 Å². The molecule has 0 fully saturated rings. The summed E-state index contributed by atoms with van der Waals surface area (Å²) in [6, 6.07) is 7.73. The summed E-state index contributed by atoms with van der Waals surface area (Å²) in [6.07, 6.45) is 1.21. The molecule has 2 N–H and O–H groups in total. The van der Waals surface area contributed by atoms with Gasteiger partial charge in [-0.15, -0.1) is 0 Å². The van der Waals surface area contributed by atoms with Gasteiger partial charge in [-0.1, -0.05) is 24.3 Å². The van der Waals surface area contributed by atoms with Crippen LogP contribution in [0.15, 0.2) is 24.3 Å². The number of fused-ring (bicyclic) bond motifs is 1. The van der Waals surface area contributed by atoms with Crippen LogP contribution in [-0.2, 0) is 16.0 Å². The Kier molecular flexibility index (Phi) is 3.36. The van der Waals surface area contributed by atoms with Crippen molar-refractivity contribution in [1.29, 1.82) is 0 Å². The van der Waals surface area contributed by atoms with Gasteiger partial charge in [0.25, 0.3) is 0 Å². The number of nitrogens with two attached hydrogens (primary N) is 1. The summed E-state index contributed by atoms with van der Waals surface area (Å²) in [7, 11) is 0. The number of rotatable bonds is 3. The Labute approximate surface area is 95.6 Å². The minimum atomic E-state index is -0.405. The van der Waals surface area contributed by atoms with Crippen molar-refractivity contribution >= 4 is 5.78 Å². The monoisotopic (exact) mass is 219 g/mol. The summed E-state index contributed by atoms with van der Waals surface area (Å²) >= 11 is 0. The molecule has 16 heavy (non-hydrogen) atoms. The molecule has 1 heterocycles. The minimum absolute atomic E-state index is 0.0571. The van der Waals surface area contributed by atoms with Crippen LogP contribution in [0, 0.1) is 0 Å². The van der Waals surface area contributed by atoms with Crippen LogP contribution in [0.4, 0.5) is 0 Å². The van der Waals surface area contributed by atoms with Gasteiger partial charge in [0.1, 0.15) is 0 Å². The molecule has 1 aliphatic rings. The lowest BCUT2D eigenvalue weighted by atomic mass is 9.93. The van der Waals surface area contributed by atoms with Gasteiger partial charge < -0.3 is 10.5 Å². The maximum absolute atomic E-state index is 11.6. The van der Waals surface area contributed by atoms with E-state index in [4.69, 9.17) is 10.5 Å². The molecule has 0 saturated heterocycles. The van der Waals surface area contributed by atoms with Crippen LogP contribution < -0.4 is 5.73 Å². The first-order valence-electron chi connectivity index (χ1n) is 5.66. The summed E-state index contributed by atoms with van der Waals surface area (Å²) in [5, 5.41) is 0. The van der Waals surface area contributed by atoms with E-state index in [2.05, 4.69) is 6.07 Å². The molecule has 1 aromatic carbocycles. The van der Waals surface area contributed by atoms with Crippen molar-refractivity contribution in [2.45, 2.75) is 31.9 Å². The zero-order chi connectivity index (χ0) is 11.5. The molecule has 0 aromatic heterocycles. The molecular weight excluding hydrogens is 202 g/mol. The van der Waals surface area contributed by atoms with E-state index in [1.165, 1.54) is 5.56 Å². The molecule has 86 valence electrons. The maximum Gasteiger partial charge on any atom is 0.152 e. The fourth-order valence-electron chi connectivity index (χ4n) is 2.01. The number of carbonyl (C=O) groups excluding carboxylic acids is 1. The predicted octanol–water partition coefficient (Wildman–Crippen LogP) is 1.61. The van der Waals surface area contributed by atoms with Crippen molar-refractivity contribution in [3.63, 3.8) is 0 Å². The van der Waals surface area contributed by atoms with E-state index < -0.39 is 6.04 Å². The van der Waals surface area contributed by atoms with Crippen molar-refractivity contribution in [1.82, 2.24) is 0 Å². The number of ether oxygens (including phenoxy) is 1. The second kappa shape index (κ2) is 4.76. The van der Waals surface area contributed by atoms with Gasteiger partial charge >= 0.3 is 0 Å². The number of hydrogen-bond acceptors (Lipinski definition) is 3. The number of carbonyl (C=O) groups is 1. The molecule has 0 bridgehead atoms. The fourth-order valence-corrected chi connectivity index (χ4v) is 2.01. The average molecular weight is 219 g/mol. The van der Waals surface area contributed by atoms with Gasteiger partial charge in [-0.3, -0.25) is 4.79 Å². The van der Waals surface area contributed by atoms with Crippen molar-refractivity contribution < 1.29 is 9.53 Å².